The average Bonchev–Trinajstić information content (AvgIpc) is 2.40. The van der Waals surface area contributed by atoms with Crippen LogP contribution in [0.1, 0.15) is 12.8 Å². The topological polar surface area (TPSA) is 12.5 Å². The van der Waals surface area contributed by atoms with Gasteiger partial charge in [0.15, 0.2) is 0 Å². The second-order valence-electron chi connectivity index (χ2n) is 3.54. The van der Waals surface area contributed by atoms with Crippen molar-refractivity contribution in [2.24, 2.45) is 11.8 Å². The van der Waals surface area contributed by atoms with E-state index in [1.807, 2.05) is 0 Å². The summed E-state index contributed by atoms with van der Waals surface area (Å²) in [6.45, 7) is 1.04. The lowest BCUT2D eigenvalue weighted by Gasteiger charge is -2.10. The van der Waals surface area contributed by atoms with Crippen LogP contribution in [0.2, 0.25) is 0 Å². The number of epoxide rings is 1. The van der Waals surface area contributed by atoms with E-state index in [9.17, 15) is 0 Å². The molecule has 1 unspecified atom stereocenters. The predicted octanol–water partition coefficient (Wildman–Crippen LogP) is 1.35. The number of fused-ring (bicyclic) bond motifs is 3. The highest BCUT2D eigenvalue weighted by atomic mass is 16.6. The molecular weight excluding hydrogens is 112 g/mol. The minimum atomic E-state index is 0.374. The van der Waals surface area contributed by atoms with E-state index < -0.39 is 0 Å². The second-order valence-corrected chi connectivity index (χ2v) is 3.54. The fraction of sp³-hybridized carbons (Fsp3) is 0.750. The summed E-state index contributed by atoms with van der Waals surface area (Å²) in [5.74, 6) is 1.67. The second kappa shape index (κ2) is 1.10. The van der Waals surface area contributed by atoms with Crippen LogP contribution in [0.3, 0.4) is 0 Å². The van der Waals surface area contributed by atoms with Crippen LogP contribution in [0, 0.1) is 11.8 Å². The van der Waals surface area contributed by atoms with Crippen LogP contribution >= 0.6 is 0 Å². The molecular formula is C8H10O. The van der Waals surface area contributed by atoms with Gasteiger partial charge < -0.3 is 4.74 Å². The van der Waals surface area contributed by atoms with Crippen molar-refractivity contribution in [2.45, 2.75) is 18.4 Å². The Labute approximate surface area is 54.7 Å². The first-order chi connectivity index (χ1) is 4.39. The number of allylic oxidation sites excluding steroid dienone is 1. The van der Waals surface area contributed by atoms with Crippen molar-refractivity contribution < 1.29 is 4.74 Å². The van der Waals surface area contributed by atoms with Gasteiger partial charge in [0.25, 0.3) is 0 Å². The molecule has 0 aromatic carbocycles. The summed E-state index contributed by atoms with van der Waals surface area (Å²) in [5, 5.41) is 0. The lowest BCUT2D eigenvalue weighted by Crippen LogP contribution is -2.16. The molecule has 0 N–H and O–H groups in total. The van der Waals surface area contributed by atoms with E-state index in [1.54, 1.807) is 0 Å². The smallest absolute Gasteiger partial charge is 0.0984 e. The van der Waals surface area contributed by atoms with Crippen molar-refractivity contribution in [2.75, 3.05) is 6.61 Å². The van der Waals surface area contributed by atoms with Gasteiger partial charge in [0, 0.05) is 5.92 Å². The van der Waals surface area contributed by atoms with Gasteiger partial charge in [-0.05, 0) is 18.8 Å². The lowest BCUT2D eigenvalue weighted by molar-refractivity contribution is 0.268. The standard InChI is InChI=1S/C8H10O/c1-2-7-3-6(1)4-8(7)5-9-8/h1-2,6-7H,3-5H2/t6-,7+,8?/m0/s1. The summed E-state index contributed by atoms with van der Waals surface area (Å²) in [7, 11) is 0. The fourth-order valence-corrected chi connectivity index (χ4v) is 2.34. The highest BCUT2D eigenvalue weighted by molar-refractivity contribution is 5.21. The molecule has 0 radical (unpaired) electrons. The molecule has 1 aliphatic heterocycles. The van der Waals surface area contributed by atoms with Gasteiger partial charge in [-0.1, -0.05) is 12.2 Å². The van der Waals surface area contributed by atoms with Gasteiger partial charge in [0.1, 0.15) is 0 Å². The maximum Gasteiger partial charge on any atom is 0.0984 e. The fourth-order valence-electron chi connectivity index (χ4n) is 2.34. The first-order valence-corrected chi connectivity index (χ1v) is 3.71. The molecule has 1 saturated carbocycles. The Kier molecular flexibility index (Phi) is 0.552. The van der Waals surface area contributed by atoms with E-state index >= 15 is 0 Å². The monoisotopic (exact) mass is 122 g/mol. The van der Waals surface area contributed by atoms with Crippen LogP contribution in [0.5, 0.6) is 0 Å². The molecule has 2 bridgehead atoms. The molecule has 9 heavy (non-hydrogen) atoms. The van der Waals surface area contributed by atoms with Crippen LogP contribution < -0.4 is 0 Å². The lowest BCUT2D eigenvalue weighted by atomic mass is 9.95. The van der Waals surface area contributed by atoms with Crippen molar-refractivity contribution in [3.8, 4) is 0 Å². The van der Waals surface area contributed by atoms with E-state index in [-0.39, 0.29) is 0 Å². The molecule has 0 aromatic rings. The highest BCUT2D eigenvalue weighted by Crippen LogP contribution is 2.54. The molecule has 0 amide bonds. The summed E-state index contributed by atoms with van der Waals surface area (Å²) in [4.78, 5) is 0. The molecule has 1 heteroatoms. The molecule has 1 spiro atoms. The first-order valence-electron chi connectivity index (χ1n) is 3.71. The molecule has 2 fully saturated rings. The summed E-state index contributed by atoms with van der Waals surface area (Å²) < 4.78 is 5.44. The number of hydrogen-bond donors (Lipinski definition) is 0. The summed E-state index contributed by atoms with van der Waals surface area (Å²) in [6, 6.07) is 0. The quantitative estimate of drug-likeness (QED) is 0.349. The number of hydrogen-bond acceptors (Lipinski definition) is 1. The Morgan fingerprint density at radius 3 is 2.67 bits per heavy atom. The van der Waals surface area contributed by atoms with Gasteiger partial charge in [-0.25, -0.2) is 0 Å². The summed E-state index contributed by atoms with van der Waals surface area (Å²) in [6.07, 6.45) is 7.40. The molecule has 3 rings (SSSR count). The maximum atomic E-state index is 5.44. The molecule has 0 aromatic heterocycles. The molecule has 1 nitrogen and oxygen atoms in total. The van der Waals surface area contributed by atoms with E-state index in [1.165, 1.54) is 12.8 Å². The van der Waals surface area contributed by atoms with Crippen LogP contribution in [0.25, 0.3) is 0 Å². The van der Waals surface area contributed by atoms with E-state index in [0.29, 0.717) is 5.60 Å². The third kappa shape index (κ3) is 0.410. The van der Waals surface area contributed by atoms with E-state index in [0.717, 1.165) is 18.4 Å². The van der Waals surface area contributed by atoms with Crippen LogP contribution in [-0.2, 0) is 4.74 Å². The van der Waals surface area contributed by atoms with Crippen molar-refractivity contribution >= 4 is 0 Å². The van der Waals surface area contributed by atoms with Crippen molar-refractivity contribution in [3.05, 3.63) is 12.2 Å². The highest BCUT2D eigenvalue weighted by Gasteiger charge is 2.57. The predicted molar refractivity (Wildman–Crippen MR) is 34.0 cm³/mol. The SMILES string of the molecule is C1=C[C@@H]2C[C@H]1CC21CO1. The largest absolute Gasteiger partial charge is 0.369 e. The van der Waals surface area contributed by atoms with Crippen molar-refractivity contribution in [3.63, 3.8) is 0 Å². The Balaban J connectivity index is 2.05. The zero-order chi connectivity index (χ0) is 5.90. The van der Waals surface area contributed by atoms with E-state index in [2.05, 4.69) is 12.2 Å². The molecule has 3 aliphatic rings. The number of rotatable bonds is 0. The minimum absolute atomic E-state index is 0.374. The first kappa shape index (κ1) is 4.51. The summed E-state index contributed by atoms with van der Waals surface area (Å²) >= 11 is 0. The molecule has 1 heterocycles. The Morgan fingerprint density at radius 1 is 1.44 bits per heavy atom. The van der Waals surface area contributed by atoms with Crippen LogP contribution in [-0.4, -0.2) is 12.2 Å². The molecule has 3 atom stereocenters. The van der Waals surface area contributed by atoms with Gasteiger partial charge in [0.05, 0.1) is 12.2 Å². The van der Waals surface area contributed by atoms with E-state index in [4.69, 9.17) is 4.74 Å². The molecule has 2 aliphatic carbocycles. The maximum absolute atomic E-state index is 5.44. The minimum Gasteiger partial charge on any atom is -0.369 e. The van der Waals surface area contributed by atoms with Gasteiger partial charge in [-0.3, -0.25) is 0 Å². The van der Waals surface area contributed by atoms with Gasteiger partial charge >= 0.3 is 0 Å². The number of ether oxygens (including phenoxy) is 1. The third-order valence-corrected chi connectivity index (χ3v) is 2.97. The van der Waals surface area contributed by atoms with Gasteiger partial charge in [-0.2, -0.15) is 0 Å². The van der Waals surface area contributed by atoms with Crippen molar-refractivity contribution in [1.82, 2.24) is 0 Å². The van der Waals surface area contributed by atoms with Gasteiger partial charge in [-0.15, -0.1) is 0 Å². The zero-order valence-corrected chi connectivity index (χ0v) is 5.34. The average molecular weight is 122 g/mol. The molecule has 48 valence electrons. The normalized spacial score (nSPS) is 59.6. The Bertz CT molecular complexity index is 179. The van der Waals surface area contributed by atoms with Gasteiger partial charge in [0.2, 0.25) is 0 Å². The van der Waals surface area contributed by atoms with Crippen LogP contribution in [0.15, 0.2) is 12.2 Å². The summed E-state index contributed by atoms with van der Waals surface area (Å²) in [5.41, 5.74) is 0.374. The zero-order valence-electron chi connectivity index (χ0n) is 5.34. The van der Waals surface area contributed by atoms with Crippen molar-refractivity contribution in [1.29, 1.82) is 0 Å². The molecule has 1 saturated heterocycles. The van der Waals surface area contributed by atoms with Crippen LogP contribution in [0.4, 0.5) is 0 Å². The Hall–Kier alpha value is -0.300. The third-order valence-electron chi connectivity index (χ3n) is 2.97. The Morgan fingerprint density at radius 2 is 2.33 bits per heavy atom.